The van der Waals surface area contributed by atoms with Gasteiger partial charge in [-0.05, 0) is 25.3 Å². The fraction of sp³-hybridized carbons (Fsp3) is 0.800. The van der Waals surface area contributed by atoms with Crippen molar-refractivity contribution in [2.75, 3.05) is 6.54 Å². The largest absolute Gasteiger partial charge is 0.315 e. The van der Waals surface area contributed by atoms with Crippen LogP contribution >= 0.6 is 0 Å². The summed E-state index contributed by atoms with van der Waals surface area (Å²) in [4.78, 5) is 0. The van der Waals surface area contributed by atoms with Crippen molar-refractivity contribution in [1.82, 2.24) is 5.32 Å². The van der Waals surface area contributed by atoms with Gasteiger partial charge in [-0.2, -0.15) is 0 Å². The summed E-state index contributed by atoms with van der Waals surface area (Å²) in [7, 11) is 0. The molecule has 0 aliphatic rings. The fourth-order valence-electron chi connectivity index (χ4n) is 0.933. The highest BCUT2D eigenvalue weighted by atomic mass is 14.9. The molecule has 0 aromatic heterocycles. The van der Waals surface area contributed by atoms with Crippen molar-refractivity contribution >= 4 is 0 Å². The van der Waals surface area contributed by atoms with E-state index in [0.717, 1.165) is 6.54 Å². The van der Waals surface area contributed by atoms with Crippen molar-refractivity contribution in [3.8, 4) is 0 Å². The molecule has 0 bridgehead atoms. The summed E-state index contributed by atoms with van der Waals surface area (Å²) in [6.07, 6.45) is 4.53. The Bertz CT molecular complexity index is 97.0. The van der Waals surface area contributed by atoms with E-state index in [2.05, 4.69) is 32.7 Å². The van der Waals surface area contributed by atoms with Gasteiger partial charge in [0.25, 0.3) is 0 Å². The third kappa shape index (κ3) is 7.60. The van der Waals surface area contributed by atoms with E-state index in [9.17, 15) is 0 Å². The van der Waals surface area contributed by atoms with E-state index in [1.54, 1.807) is 0 Å². The van der Waals surface area contributed by atoms with Crippen LogP contribution in [0.2, 0.25) is 0 Å². The average Bonchev–Trinajstić information content (AvgIpc) is 1.97. The molecule has 0 fully saturated rings. The highest BCUT2D eigenvalue weighted by Crippen LogP contribution is 2.04. The molecule has 1 heteroatoms. The molecule has 66 valence electrons. The van der Waals surface area contributed by atoms with Crippen LogP contribution in [0.3, 0.4) is 0 Å². The third-order valence-electron chi connectivity index (χ3n) is 1.79. The molecule has 0 radical (unpaired) electrons. The lowest BCUT2D eigenvalue weighted by Crippen LogP contribution is -2.23. The monoisotopic (exact) mass is 155 g/mol. The van der Waals surface area contributed by atoms with Gasteiger partial charge in [0.05, 0.1) is 0 Å². The minimum atomic E-state index is 0.619. The zero-order valence-electron chi connectivity index (χ0n) is 8.06. The summed E-state index contributed by atoms with van der Waals surface area (Å²) in [6, 6.07) is 0.619. The van der Waals surface area contributed by atoms with Crippen molar-refractivity contribution in [2.24, 2.45) is 5.92 Å². The van der Waals surface area contributed by atoms with Crippen LogP contribution in [0.15, 0.2) is 12.7 Å². The number of hydrogen-bond donors (Lipinski definition) is 1. The van der Waals surface area contributed by atoms with Gasteiger partial charge in [0.1, 0.15) is 0 Å². The maximum absolute atomic E-state index is 3.75. The van der Waals surface area contributed by atoms with Gasteiger partial charge in [-0.25, -0.2) is 0 Å². The Hall–Kier alpha value is -0.300. The van der Waals surface area contributed by atoms with Crippen LogP contribution in [0.4, 0.5) is 0 Å². The van der Waals surface area contributed by atoms with Crippen LogP contribution in [-0.4, -0.2) is 12.6 Å². The summed E-state index contributed by atoms with van der Waals surface area (Å²) in [5, 5.41) is 3.39. The average molecular weight is 155 g/mol. The molecular weight excluding hydrogens is 134 g/mol. The molecule has 1 N–H and O–H groups in total. The second kappa shape index (κ2) is 6.41. The lowest BCUT2D eigenvalue weighted by Gasteiger charge is -2.09. The quantitative estimate of drug-likeness (QED) is 0.459. The minimum absolute atomic E-state index is 0.619. The molecule has 0 saturated carbocycles. The fourth-order valence-corrected chi connectivity index (χ4v) is 0.933. The summed E-state index contributed by atoms with van der Waals surface area (Å²) in [5.41, 5.74) is 0. The third-order valence-corrected chi connectivity index (χ3v) is 1.79. The van der Waals surface area contributed by atoms with Crippen molar-refractivity contribution in [1.29, 1.82) is 0 Å². The number of allylic oxidation sites excluding steroid dienone is 1. The molecule has 0 aliphatic heterocycles. The molecule has 0 aromatic carbocycles. The van der Waals surface area contributed by atoms with Gasteiger partial charge in [0.15, 0.2) is 0 Å². The van der Waals surface area contributed by atoms with Crippen LogP contribution in [0.5, 0.6) is 0 Å². The van der Waals surface area contributed by atoms with E-state index >= 15 is 0 Å². The van der Waals surface area contributed by atoms with Crippen molar-refractivity contribution in [3.05, 3.63) is 12.7 Å². The maximum Gasteiger partial charge on any atom is 0.00103 e. The molecule has 0 aromatic rings. The van der Waals surface area contributed by atoms with Gasteiger partial charge in [0.2, 0.25) is 0 Å². The maximum atomic E-state index is 3.75. The van der Waals surface area contributed by atoms with Crippen molar-refractivity contribution < 1.29 is 0 Å². The van der Waals surface area contributed by atoms with Gasteiger partial charge >= 0.3 is 0 Å². The standard InChI is InChI=1S/C10H21N/c1-5-10(4)7-6-8-11-9(2)3/h5,9-11H,1,6-8H2,2-4H3. The van der Waals surface area contributed by atoms with Crippen LogP contribution in [-0.2, 0) is 0 Å². The van der Waals surface area contributed by atoms with E-state index in [-0.39, 0.29) is 0 Å². The number of nitrogens with one attached hydrogen (secondary N) is 1. The molecule has 0 heterocycles. The van der Waals surface area contributed by atoms with Crippen molar-refractivity contribution in [3.63, 3.8) is 0 Å². The first-order valence-corrected chi connectivity index (χ1v) is 4.52. The van der Waals surface area contributed by atoms with Crippen LogP contribution in [0.1, 0.15) is 33.6 Å². The van der Waals surface area contributed by atoms with E-state index in [1.807, 2.05) is 6.08 Å². The highest BCUT2D eigenvalue weighted by Gasteiger charge is 1.96. The van der Waals surface area contributed by atoms with Crippen LogP contribution in [0.25, 0.3) is 0 Å². The first kappa shape index (κ1) is 10.7. The second-order valence-corrected chi connectivity index (χ2v) is 3.46. The summed E-state index contributed by atoms with van der Waals surface area (Å²) in [6.45, 7) is 11.5. The predicted octanol–water partition coefficient (Wildman–Crippen LogP) is 2.59. The molecule has 11 heavy (non-hydrogen) atoms. The van der Waals surface area contributed by atoms with Gasteiger partial charge in [-0.3, -0.25) is 0 Å². The molecule has 0 aliphatic carbocycles. The molecular formula is C10H21N. The molecule has 1 atom stereocenters. The summed E-state index contributed by atoms with van der Waals surface area (Å²) < 4.78 is 0. The normalized spacial score (nSPS) is 13.5. The van der Waals surface area contributed by atoms with Gasteiger partial charge in [-0.15, -0.1) is 6.58 Å². The van der Waals surface area contributed by atoms with E-state index in [4.69, 9.17) is 0 Å². The van der Waals surface area contributed by atoms with Gasteiger partial charge < -0.3 is 5.32 Å². The zero-order chi connectivity index (χ0) is 8.69. The van der Waals surface area contributed by atoms with Crippen LogP contribution < -0.4 is 5.32 Å². The van der Waals surface area contributed by atoms with E-state index in [0.29, 0.717) is 12.0 Å². The Labute approximate surface area is 70.9 Å². The Morgan fingerprint density at radius 1 is 1.36 bits per heavy atom. The smallest absolute Gasteiger partial charge is 0.00103 e. The highest BCUT2D eigenvalue weighted by molar-refractivity contribution is 4.74. The zero-order valence-corrected chi connectivity index (χ0v) is 8.06. The summed E-state index contributed by atoms with van der Waals surface area (Å²) >= 11 is 0. The molecule has 0 spiro atoms. The summed E-state index contributed by atoms with van der Waals surface area (Å²) in [5.74, 6) is 0.670. The molecule has 1 unspecified atom stereocenters. The predicted molar refractivity (Wildman–Crippen MR) is 51.7 cm³/mol. The lowest BCUT2D eigenvalue weighted by atomic mass is 10.1. The molecule has 0 saturated heterocycles. The Balaban J connectivity index is 3.07. The second-order valence-electron chi connectivity index (χ2n) is 3.46. The lowest BCUT2D eigenvalue weighted by molar-refractivity contribution is 0.526. The van der Waals surface area contributed by atoms with E-state index in [1.165, 1.54) is 12.8 Å². The molecule has 0 amide bonds. The number of rotatable bonds is 6. The Morgan fingerprint density at radius 3 is 2.45 bits per heavy atom. The van der Waals surface area contributed by atoms with E-state index < -0.39 is 0 Å². The SMILES string of the molecule is C=CC(C)CCCNC(C)C. The molecule has 1 nitrogen and oxygen atoms in total. The first-order chi connectivity index (χ1) is 5.16. The Morgan fingerprint density at radius 2 is 2.00 bits per heavy atom. The van der Waals surface area contributed by atoms with Crippen LogP contribution in [0, 0.1) is 5.92 Å². The van der Waals surface area contributed by atoms with Gasteiger partial charge in [0, 0.05) is 6.04 Å². The van der Waals surface area contributed by atoms with Gasteiger partial charge in [-0.1, -0.05) is 26.8 Å². The minimum Gasteiger partial charge on any atom is -0.315 e. The molecule has 0 rings (SSSR count). The van der Waals surface area contributed by atoms with Crippen molar-refractivity contribution in [2.45, 2.75) is 39.7 Å². The first-order valence-electron chi connectivity index (χ1n) is 4.52. The number of hydrogen-bond acceptors (Lipinski definition) is 1. The Kier molecular flexibility index (Phi) is 6.24. The topological polar surface area (TPSA) is 12.0 Å².